The van der Waals surface area contributed by atoms with Crippen molar-refractivity contribution in [2.75, 3.05) is 19.8 Å². The summed E-state index contributed by atoms with van der Waals surface area (Å²) in [6, 6.07) is 0. The van der Waals surface area contributed by atoms with Crippen molar-refractivity contribution in [3.63, 3.8) is 0 Å². The number of esters is 3. The molecule has 3 rings (SSSR count). The van der Waals surface area contributed by atoms with E-state index in [1.54, 1.807) is 6.92 Å². The van der Waals surface area contributed by atoms with Gasteiger partial charge in [-0.15, -0.1) is 0 Å². The van der Waals surface area contributed by atoms with Gasteiger partial charge in [0, 0.05) is 0 Å². The van der Waals surface area contributed by atoms with E-state index in [0.717, 1.165) is 0 Å². The van der Waals surface area contributed by atoms with E-state index in [4.69, 9.17) is 28.4 Å². The second-order valence-electron chi connectivity index (χ2n) is 7.63. The Bertz CT molecular complexity index is 587. The zero-order valence-electron chi connectivity index (χ0n) is 16.7. The molecule has 3 saturated heterocycles. The molecule has 28 heavy (non-hydrogen) atoms. The van der Waals surface area contributed by atoms with E-state index in [1.807, 2.05) is 20.8 Å². The van der Waals surface area contributed by atoms with Gasteiger partial charge < -0.3 is 28.4 Å². The maximum absolute atomic E-state index is 12.8. The van der Waals surface area contributed by atoms with Gasteiger partial charge in [-0.2, -0.15) is 0 Å². The summed E-state index contributed by atoms with van der Waals surface area (Å²) in [6.45, 7) is 7.36. The molecule has 6 atom stereocenters. The molecule has 0 saturated carbocycles. The van der Waals surface area contributed by atoms with Crippen LogP contribution in [-0.4, -0.2) is 74.4 Å². The summed E-state index contributed by atoms with van der Waals surface area (Å²) in [7, 11) is 0. The van der Waals surface area contributed by atoms with Gasteiger partial charge in [0.1, 0.15) is 38.1 Å². The maximum atomic E-state index is 12.8. The van der Waals surface area contributed by atoms with E-state index in [0.29, 0.717) is 0 Å². The van der Waals surface area contributed by atoms with E-state index in [9.17, 15) is 14.4 Å². The van der Waals surface area contributed by atoms with Gasteiger partial charge in [0.2, 0.25) is 0 Å². The Labute approximate surface area is 163 Å². The van der Waals surface area contributed by atoms with Gasteiger partial charge in [-0.05, 0) is 27.2 Å². The van der Waals surface area contributed by atoms with Crippen LogP contribution in [0.2, 0.25) is 0 Å². The van der Waals surface area contributed by atoms with Gasteiger partial charge in [-0.25, -0.2) is 0 Å². The first-order chi connectivity index (χ1) is 13.3. The van der Waals surface area contributed by atoms with Crippen molar-refractivity contribution in [3.05, 3.63) is 0 Å². The lowest BCUT2D eigenvalue weighted by atomic mass is 9.81. The number of rotatable bonds is 11. The topological polar surface area (TPSA) is 116 Å². The summed E-state index contributed by atoms with van der Waals surface area (Å²) < 4.78 is 31.4. The van der Waals surface area contributed by atoms with Gasteiger partial charge in [0.05, 0.1) is 24.7 Å². The predicted octanol–water partition coefficient (Wildman–Crippen LogP) is 0.764. The molecule has 0 amide bonds. The average Bonchev–Trinajstić information content (AvgIpc) is 3.60. The number of hydrogen-bond acceptors (Lipinski definition) is 9. The molecule has 0 bridgehead atoms. The molecular formula is C19H28O9. The van der Waals surface area contributed by atoms with Crippen LogP contribution in [0.25, 0.3) is 0 Å². The summed E-state index contributed by atoms with van der Waals surface area (Å²) in [5, 5.41) is 0. The van der Waals surface area contributed by atoms with Crippen LogP contribution in [0.1, 0.15) is 40.5 Å². The maximum Gasteiger partial charge on any atom is 0.324 e. The summed E-state index contributed by atoms with van der Waals surface area (Å²) >= 11 is 0. The fraction of sp³-hybridized carbons (Fsp3) is 0.842. The molecular weight excluding hydrogens is 372 g/mol. The lowest BCUT2D eigenvalue weighted by Crippen LogP contribution is -2.44. The lowest BCUT2D eigenvalue weighted by molar-refractivity contribution is -0.178. The third-order valence-electron chi connectivity index (χ3n) is 5.51. The van der Waals surface area contributed by atoms with E-state index < -0.39 is 29.7 Å². The number of carbonyl (C=O) groups is 3. The number of hydrogen-bond donors (Lipinski definition) is 0. The number of ether oxygens (including phenoxy) is 6. The molecule has 0 aromatic rings. The monoisotopic (exact) mass is 400 g/mol. The summed E-state index contributed by atoms with van der Waals surface area (Å²) in [6.07, 6.45) is -0.862. The average molecular weight is 400 g/mol. The molecule has 0 radical (unpaired) electrons. The zero-order valence-corrected chi connectivity index (χ0v) is 16.7. The largest absolute Gasteiger partial charge is 0.463 e. The first kappa shape index (κ1) is 21.0. The molecule has 0 N–H and O–H groups in total. The quantitative estimate of drug-likeness (QED) is 0.214. The Morgan fingerprint density at radius 1 is 0.750 bits per heavy atom. The van der Waals surface area contributed by atoms with Crippen molar-refractivity contribution in [1.82, 2.24) is 0 Å². The van der Waals surface area contributed by atoms with Crippen LogP contribution in [0, 0.1) is 5.41 Å². The lowest BCUT2D eigenvalue weighted by Gasteiger charge is -2.27. The molecule has 9 heteroatoms. The van der Waals surface area contributed by atoms with E-state index in [-0.39, 0.29) is 62.9 Å². The van der Waals surface area contributed by atoms with Gasteiger partial charge >= 0.3 is 17.9 Å². The molecule has 3 heterocycles. The standard InChI is InChI=1S/C19H28O9/c1-5-19(17(21)24-8-14-11(3)27-14,18(22)25-9-15-12(4)28-15)6-16(20)23-7-13-10(2)26-13/h10-15H,5-9H2,1-4H3. The molecule has 0 aliphatic carbocycles. The highest BCUT2D eigenvalue weighted by Crippen LogP contribution is 2.33. The van der Waals surface area contributed by atoms with Gasteiger partial charge in [0.15, 0.2) is 5.41 Å². The second-order valence-corrected chi connectivity index (χ2v) is 7.63. The minimum Gasteiger partial charge on any atom is -0.463 e. The molecule has 9 nitrogen and oxygen atoms in total. The Morgan fingerprint density at radius 3 is 1.43 bits per heavy atom. The molecule has 6 unspecified atom stereocenters. The van der Waals surface area contributed by atoms with Crippen LogP contribution in [0.5, 0.6) is 0 Å². The molecule has 0 aromatic heterocycles. The van der Waals surface area contributed by atoms with Crippen LogP contribution < -0.4 is 0 Å². The molecule has 3 aliphatic heterocycles. The van der Waals surface area contributed by atoms with Gasteiger partial charge in [0.25, 0.3) is 0 Å². The van der Waals surface area contributed by atoms with Crippen molar-refractivity contribution in [2.45, 2.75) is 77.2 Å². The fourth-order valence-electron chi connectivity index (χ4n) is 2.92. The minimum absolute atomic E-state index is 0.00905. The molecule has 158 valence electrons. The van der Waals surface area contributed by atoms with Crippen LogP contribution in [0.15, 0.2) is 0 Å². The Hall–Kier alpha value is -1.71. The Kier molecular flexibility index (Phi) is 6.26. The van der Waals surface area contributed by atoms with Crippen molar-refractivity contribution in [3.8, 4) is 0 Å². The van der Waals surface area contributed by atoms with E-state index >= 15 is 0 Å². The third-order valence-corrected chi connectivity index (χ3v) is 5.51. The second kappa shape index (κ2) is 8.34. The summed E-state index contributed by atoms with van der Waals surface area (Å²) in [5.74, 6) is -2.29. The Balaban J connectivity index is 1.61. The van der Waals surface area contributed by atoms with E-state index in [2.05, 4.69) is 0 Å². The van der Waals surface area contributed by atoms with E-state index in [1.165, 1.54) is 0 Å². The SMILES string of the molecule is CCC(CC(=O)OCC1OC1C)(C(=O)OCC1OC1C)C(=O)OCC1OC1C. The number of epoxide rings is 3. The van der Waals surface area contributed by atoms with Crippen LogP contribution in [-0.2, 0) is 42.8 Å². The molecule has 3 aliphatic rings. The fourth-order valence-corrected chi connectivity index (χ4v) is 2.92. The summed E-state index contributed by atoms with van der Waals surface area (Å²) in [4.78, 5) is 37.9. The van der Waals surface area contributed by atoms with Crippen molar-refractivity contribution >= 4 is 17.9 Å². The smallest absolute Gasteiger partial charge is 0.324 e. The van der Waals surface area contributed by atoms with Gasteiger partial charge in [-0.3, -0.25) is 14.4 Å². The highest BCUT2D eigenvalue weighted by molar-refractivity contribution is 6.03. The number of carbonyl (C=O) groups excluding carboxylic acids is 3. The minimum atomic E-state index is -1.76. The predicted molar refractivity (Wildman–Crippen MR) is 93.2 cm³/mol. The van der Waals surface area contributed by atoms with Crippen LogP contribution >= 0.6 is 0 Å². The Morgan fingerprint density at radius 2 is 1.11 bits per heavy atom. The van der Waals surface area contributed by atoms with Crippen molar-refractivity contribution < 1.29 is 42.8 Å². The highest BCUT2D eigenvalue weighted by Gasteiger charge is 2.51. The van der Waals surface area contributed by atoms with Crippen molar-refractivity contribution in [2.24, 2.45) is 5.41 Å². The van der Waals surface area contributed by atoms with Crippen molar-refractivity contribution in [1.29, 1.82) is 0 Å². The molecule has 0 spiro atoms. The van der Waals surface area contributed by atoms with Crippen LogP contribution in [0.4, 0.5) is 0 Å². The first-order valence-electron chi connectivity index (χ1n) is 9.73. The van der Waals surface area contributed by atoms with Gasteiger partial charge in [-0.1, -0.05) is 6.92 Å². The molecule has 0 aromatic carbocycles. The molecule has 3 fully saturated rings. The summed E-state index contributed by atoms with van der Waals surface area (Å²) in [5.41, 5.74) is -1.76. The highest BCUT2D eigenvalue weighted by atomic mass is 16.6. The van der Waals surface area contributed by atoms with Crippen LogP contribution in [0.3, 0.4) is 0 Å². The zero-order chi connectivity index (χ0) is 20.5. The third kappa shape index (κ3) is 5.01. The first-order valence-corrected chi connectivity index (χ1v) is 9.73. The normalized spacial score (nSPS) is 34.7.